The molecule has 8 heteroatoms. The Hall–Kier alpha value is -2.68. The molecule has 5 N–H and O–H groups in total. The first-order chi connectivity index (χ1) is 12.5. The summed E-state index contributed by atoms with van der Waals surface area (Å²) < 4.78 is 27.8. The van der Waals surface area contributed by atoms with Crippen molar-refractivity contribution in [3.63, 3.8) is 0 Å². The quantitative estimate of drug-likeness (QED) is 0.654. The van der Waals surface area contributed by atoms with Gasteiger partial charge in [0.1, 0.15) is 29.9 Å². The van der Waals surface area contributed by atoms with Crippen LogP contribution in [0.15, 0.2) is 67.3 Å². The normalized spacial score (nSPS) is 12.1. The fraction of sp³-hybridized carbons (Fsp3) is 0.222. The molecule has 0 radical (unpaired) electrons. The summed E-state index contributed by atoms with van der Waals surface area (Å²) in [7, 11) is 1.50. The van der Waals surface area contributed by atoms with Gasteiger partial charge in [-0.05, 0) is 13.1 Å². The van der Waals surface area contributed by atoms with Crippen LogP contribution < -0.4 is 11.5 Å². The third-order valence-corrected chi connectivity index (χ3v) is 3.33. The Morgan fingerprint density at radius 3 is 2.08 bits per heavy atom. The van der Waals surface area contributed by atoms with Crippen LogP contribution in [0, 0.1) is 11.6 Å². The van der Waals surface area contributed by atoms with E-state index in [4.69, 9.17) is 5.73 Å². The lowest BCUT2D eigenvalue weighted by molar-refractivity contribution is 0.0205. The number of benzene rings is 2. The smallest absolute Gasteiger partial charge is 0.137 e. The number of aliphatic hydroxyl groups is 1. The van der Waals surface area contributed by atoms with Crippen LogP contribution in [0.2, 0.25) is 0 Å². The largest absolute Gasteiger partial charge is 0.382 e. The number of hydrogen-bond acceptors (Lipinski definition) is 5. The van der Waals surface area contributed by atoms with Gasteiger partial charge in [0.25, 0.3) is 0 Å². The molecule has 26 heavy (non-hydrogen) atoms. The van der Waals surface area contributed by atoms with Gasteiger partial charge in [0.05, 0.1) is 6.54 Å². The minimum atomic E-state index is -1.66. The Labute approximate surface area is 151 Å². The predicted octanol–water partition coefficient (Wildman–Crippen LogP) is 1.66. The zero-order chi connectivity index (χ0) is 19.4. The van der Waals surface area contributed by atoms with Crippen LogP contribution in [0.5, 0.6) is 0 Å². The second-order valence-electron chi connectivity index (χ2n) is 5.11. The first-order valence-corrected chi connectivity index (χ1v) is 7.83. The second-order valence-corrected chi connectivity index (χ2v) is 5.11. The molecular weight excluding hydrogens is 340 g/mol. The SMILES string of the molecule is CN.NCC(O)(Cn1cncn1)c1ccc(F)cc1F.c1ccccc1. The molecule has 0 saturated heterocycles. The monoisotopic (exact) mass is 363 g/mol. The van der Waals surface area contributed by atoms with E-state index in [1.54, 1.807) is 0 Å². The lowest BCUT2D eigenvalue weighted by Crippen LogP contribution is -2.40. The highest BCUT2D eigenvalue weighted by atomic mass is 19.1. The van der Waals surface area contributed by atoms with Gasteiger partial charge in [0.15, 0.2) is 0 Å². The molecule has 0 aliphatic carbocycles. The van der Waals surface area contributed by atoms with Crippen LogP contribution in [-0.4, -0.2) is 33.5 Å². The zero-order valence-corrected chi connectivity index (χ0v) is 14.5. The van der Waals surface area contributed by atoms with Crippen LogP contribution in [-0.2, 0) is 12.1 Å². The highest BCUT2D eigenvalue weighted by molar-refractivity contribution is 5.25. The van der Waals surface area contributed by atoms with E-state index in [0.29, 0.717) is 6.07 Å². The van der Waals surface area contributed by atoms with Gasteiger partial charge in [-0.1, -0.05) is 42.5 Å². The minimum absolute atomic E-state index is 0.0634. The first kappa shape index (κ1) is 21.4. The summed E-state index contributed by atoms with van der Waals surface area (Å²) in [5, 5.41) is 14.2. The molecule has 6 nitrogen and oxygen atoms in total. The number of halogens is 2. The Morgan fingerprint density at radius 2 is 1.65 bits per heavy atom. The van der Waals surface area contributed by atoms with Crippen molar-refractivity contribution >= 4 is 0 Å². The van der Waals surface area contributed by atoms with Crippen molar-refractivity contribution in [2.75, 3.05) is 13.6 Å². The van der Waals surface area contributed by atoms with E-state index in [2.05, 4.69) is 15.8 Å². The standard InChI is InChI=1S/C11H12F2N4O.C6H6.CH5N/c12-8-1-2-9(10(13)3-8)11(18,4-14)5-17-7-15-6-16-17;1-2-4-6-5-3-1;1-2/h1-3,6-7,18H,4-5,14H2;1-6H;2H2,1H3. The molecule has 0 bridgehead atoms. The Balaban J connectivity index is 0.000000353. The highest BCUT2D eigenvalue weighted by Gasteiger charge is 2.31. The van der Waals surface area contributed by atoms with Gasteiger partial charge in [0.2, 0.25) is 0 Å². The van der Waals surface area contributed by atoms with Crippen molar-refractivity contribution in [1.29, 1.82) is 0 Å². The van der Waals surface area contributed by atoms with Crippen LogP contribution >= 0.6 is 0 Å². The van der Waals surface area contributed by atoms with Crippen molar-refractivity contribution in [3.8, 4) is 0 Å². The molecule has 3 aromatic rings. The van der Waals surface area contributed by atoms with E-state index in [1.165, 1.54) is 30.5 Å². The molecule has 140 valence electrons. The maximum absolute atomic E-state index is 13.7. The summed E-state index contributed by atoms with van der Waals surface area (Å²) in [6.45, 7) is -0.290. The molecule has 0 fully saturated rings. The Kier molecular flexibility index (Phi) is 9.07. The lowest BCUT2D eigenvalue weighted by Gasteiger charge is -2.27. The van der Waals surface area contributed by atoms with E-state index in [-0.39, 0.29) is 18.7 Å². The van der Waals surface area contributed by atoms with Crippen LogP contribution in [0.1, 0.15) is 5.56 Å². The molecule has 0 saturated carbocycles. The maximum Gasteiger partial charge on any atom is 0.137 e. The number of hydrogen-bond donors (Lipinski definition) is 3. The van der Waals surface area contributed by atoms with Crippen molar-refractivity contribution in [2.45, 2.75) is 12.1 Å². The third kappa shape index (κ3) is 6.32. The van der Waals surface area contributed by atoms with Gasteiger partial charge in [0, 0.05) is 18.2 Å². The average Bonchev–Trinajstić information content (AvgIpc) is 3.18. The molecule has 0 spiro atoms. The fourth-order valence-electron chi connectivity index (χ4n) is 2.09. The summed E-state index contributed by atoms with van der Waals surface area (Å²) in [5.41, 5.74) is 8.26. The van der Waals surface area contributed by atoms with E-state index in [1.807, 2.05) is 36.4 Å². The number of aromatic nitrogens is 3. The van der Waals surface area contributed by atoms with Gasteiger partial charge < -0.3 is 16.6 Å². The van der Waals surface area contributed by atoms with Gasteiger partial charge >= 0.3 is 0 Å². The topological polar surface area (TPSA) is 103 Å². The van der Waals surface area contributed by atoms with E-state index in [9.17, 15) is 13.9 Å². The Bertz CT molecular complexity index is 714. The van der Waals surface area contributed by atoms with Crippen LogP contribution in [0.25, 0.3) is 0 Å². The van der Waals surface area contributed by atoms with Crippen molar-refractivity contribution in [3.05, 3.63) is 84.4 Å². The summed E-state index contributed by atoms with van der Waals surface area (Å²) in [5.74, 6) is -1.56. The van der Waals surface area contributed by atoms with Crippen molar-refractivity contribution < 1.29 is 13.9 Å². The predicted molar refractivity (Wildman–Crippen MR) is 95.9 cm³/mol. The van der Waals surface area contributed by atoms with Gasteiger partial charge in [-0.15, -0.1) is 0 Å². The molecule has 0 aliphatic rings. The van der Waals surface area contributed by atoms with Gasteiger partial charge in [-0.25, -0.2) is 18.4 Å². The van der Waals surface area contributed by atoms with Crippen LogP contribution in [0.4, 0.5) is 8.78 Å². The van der Waals surface area contributed by atoms with Crippen LogP contribution in [0.3, 0.4) is 0 Å². The summed E-state index contributed by atoms with van der Waals surface area (Å²) in [4.78, 5) is 3.72. The van der Waals surface area contributed by atoms with E-state index in [0.717, 1.165) is 6.07 Å². The molecular formula is C18H23F2N5O. The minimum Gasteiger partial charge on any atom is -0.382 e. The van der Waals surface area contributed by atoms with E-state index < -0.39 is 17.2 Å². The number of nitrogens with zero attached hydrogens (tertiary/aromatic N) is 3. The molecule has 1 unspecified atom stereocenters. The molecule has 1 heterocycles. The summed E-state index contributed by atoms with van der Waals surface area (Å²) in [6.07, 6.45) is 2.67. The summed E-state index contributed by atoms with van der Waals surface area (Å²) >= 11 is 0. The molecule has 2 aromatic carbocycles. The molecule has 3 rings (SSSR count). The maximum atomic E-state index is 13.7. The fourth-order valence-corrected chi connectivity index (χ4v) is 2.09. The van der Waals surface area contributed by atoms with Gasteiger partial charge in [-0.2, -0.15) is 5.10 Å². The number of nitrogens with two attached hydrogens (primary N) is 2. The second kappa shape index (κ2) is 11.0. The Morgan fingerprint density at radius 1 is 1.08 bits per heavy atom. The third-order valence-electron chi connectivity index (χ3n) is 3.33. The first-order valence-electron chi connectivity index (χ1n) is 7.83. The molecule has 0 aliphatic heterocycles. The zero-order valence-electron chi connectivity index (χ0n) is 14.5. The average molecular weight is 363 g/mol. The van der Waals surface area contributed by atoms with Crippen molar-refractivity contribution in [2.24, 2.45) is 11.5 Å². The van der Waals surface area contributed by atoms with Crippen molar-refractivity contribution in [1.82, 2.24) is 14.8 Å². The van der Waals surface area contributed by atoms with Gasteiger partial charge in [-0.3, -0.25) is 0 Å². The molecule has 1 aromatic heterocycles. The molecule has 0 amide bonds. The highest BCUT2D eigenvalue weighted by Crippen LogP contribution is 2.25. The molecule has 1 atom stereocenters. The summed E-state index contributed by atoms with van der Waals surface area (Å²) in [6, 6.07) is 15.0. The van der Waals surface area contributed by atoms with E-state index >= 15 is 0 Å². The number of rotatable bonds is 4. The lowest BCUT2D eigenvalue weighted by atomic mass is 9.93.